The molecule has 5 heteroatoms. The number of hydrogen-bond acceptors (Lipinski definition) is 3. The molecule has 0 aliphatic carbocycles. The van der Waals surface area contributed by atoms with Crippen LogP contribution in [0, 0.1) is 5.92 Å². The lowest BCUT2D eigenvalue weighted by Gasteiger charge is -2.38. The third kappa shape index (κ3) is 3.18. The van der Waals surface area contributed by atoms with E-state index in [2.05, 4.69) is 6.92 Å². The molecule has 96 valence electrons. The highest BCUT2D eigenvalue weighted by Gasteiger charge is 2.34. The molecule has 1 aliphatic heterocycles. The molecule has 0 amide bonds. The number of unbranched alkanes of at least 4 members (excludes halogenated alkanes) is 1. The molecule has 4 nitrogen and oxygen atoms in total. The van der Waals surface area contributed by atoms with Gasteiger partial charge in [-0.25, -0.2) is 8.42 Å². The van der Waals surface area contributed by atoms with Gasteiger partial charge in [0.05, 0.1) is 5.75 Å². The number of nitrogens with zero attached hydrogens (tertiary/aromatic N) is 1. The normalized spacial score (nSPS) is 28.2. The molecule has 0 bridgehead atoms. The average molecular weight is 248 g/mol. The van der Waals surface area contributed by atoms with Crippen molar-refractivity contribution in [1.29, 1.82) is 0 Å². The van der Waals surface area contributed by atoms with Gasteiger partial charge < -0.3 is 5.73 Å². The Labute approximate surface area is 99.2 Å². The SMILES string of the molecule is CCCCS(=O)(=O)N1CCCC(C)C1CN. The van der Waals surface area contributed by atoms with E-state index < -0.39 is 10.0 Å². The minimum absolute atomic E-state index is 0.00982. The molecule has 2 atom stereocenters. The fourth-order valence-corrected chi connectivity index (χ4v) is 4.35. The van der Waals surface area contributed by atoms with E-state index in [1.807, 2.05) is 6.92 Å². The second-order valence-electron chi connectivity index (χ2n) is 4.70. The van der Waals surface area contributed by atoms with Gasteiger partial charge in [0.2, 0.25) is 10.0 Å². The summed E-state index contributed by atoms with van der Waals surface area (Å²) in [5, 5.41) is 0. The predicted molar refractivity (Wildman–Crippen MR) is 66.6 cm³/mol. The van der Waals surface area contributed by atoms with Crippen LogP contribution in [-0.4, -0.2) is 37.6 Å². The lowest BCUT2D eigenvalue weighted by atomic mass is 9.93. The van der Waals surface area contributed by atoms with E-state index in [9.17, 15) is 8.42 Å². The monoisotopic (exact) mass is 248 g/mol. The Morgan fingerprint density at radius 3 is 2.69 bits per heavy atom. The van der Waals surface area contributed by atoms with Crippen molar-refractivity contribution < 1.29 is 8.42 Å². The highest BCUT2D eigenvalue weighted by atomic mass is 32.2. The summed E-state index contributed by atoms with van der Waals surface area (Å²) >= 11 is 0. The number of nitrogens with two attached hydrogens (primary N) is 1. The molecular weight excluding hydrogens is 224 g/mol. The first-order valence-electron chi connectivity index (χ1n) is 6.22. The lowest BCUT2D eigenvalue weighted by molar-refractivity contribution is 0.192. The highest BCUT2D eigenvalue weighted by molar-refractivity contribution is 7.89. The van der Waals surface area contributed by atoms with Crippen LogP contribution in [0.1, 0.15) is 39.5 Å². The fraction of sp³-hybridized carbons (Fsp3) is 1.00. The topological polar surface area (TPSA) is 63.4 Å². The third-order valence-corrected chi connectivity index (χ3v) is 5.39. The first-order valence-corrected chi connectivity index (χ1v) is 7.83. The minimum Gasteiger partial charge on any atom is -0.329 e. The molecule has 1 fully saturated rings. The van der Waals surface area contributed by atoms with Crippen LogP contribution in [0.25, 0.3) is 0 Å². The molecular formula is C11H24N2O2S. The van der Waals surface area contributed by atoms with Gasteiger partial charge in [-0.05, 0) is 25.2 Å². The third-order valence-electron chi connectivity index (χ3n) is 3.42. The molecule has 2 unspecified atom stereocenters. The van der Waals surface area contributed by atoms with E-state index in [4.69, 9.17) is 5.73 Å². The van der Waals surface area contributed by atoms with Crippen LogP contribution in [0.3, 0.4) is 0 Å². The van der Waals surface area contributed by atoms with Crippen molar-refractivity contribution >= 4 is 10.0 Å². The zero-order valence-corrected chi connectivity index (χ0v) is 11.2. The molecule has 0 spiro atoms. The van der Waals surface area contributed by atoms with Crippen molar-refractivity contribution in [3.8, 4) is 0 Å². The van der Waals surface area contributed by atoms with Crippen molar-refractivity contribution in [3.05, 3.63) is 0 Å². The maximum atomic E-state index is 12.1. The zero-order valence-electron chi connectivity index (χ0n) is 10.4. The van der Waals surface area contributed by atoms with Crippen molar-refractivity contribution in [2.75, 3.05) is 18.8 Å². The predicted octanol–water partition coefficient (Wildman–Crippen LogP) is 1.18. The van der Waals surface area contributed by atoms with Crippen LogP contribution >= 0.6 is 0 Å². The smallest absolute Gasteiger partial charge is 0.214 e. The quantitative estimate of drug-likeness (QED) is 0.794. The Bertz CT molecular complexity index is 303. The van der Waals surface area contributed by atoms with Crippen LogP contribution in [0.15, 0.2) is 0 Å². The summed E-state index contributed by atoms with van der Waals surface area (Å²) in [5.41, 5.74) is 5.70. The largest absolute Gasteiger partial charge is 0.329 e. The molecule has 16 heavy (non-hydrogen) atoms. The van der Waals surface area contributed by atoms with Crippen molar-refractivity contribution in [3.63, 3.8) is 0 Å². The van der Waals surface area contributed by atoms with E-state index >= 15 is 0 Å². The summed E-state index contributed by atoms with van der Waals surface area (Å²) in [5.74, 6) is 0.655. The van der Waals surface area contributed by atoms with Gasteiger partial charge in [0, 0.05) is 19.1 Å². The maximum Gasteiger partial charge on any atom is 0.214 e. The first kappa shape index (κ1) is 13.9. The summed E-state index contributed by atoms with van der Waals surface area (Å²) in [6, 6.07) is 0.00982. The summed E-state index contributed by atoms with van der Waals surface area (Å²) in [4.78, 5) is 0. The van der Waals surface area contributed by atoms with Crippen LogP contribution in [0.5, 0.6) is 0 Å². The molecule has 0 aromatic rings. The first-order chi connectivity index (χ1) is 7.53. The van der Waals surface area contributed by atoms with Gasteiger partial charge in [0.15, 0.2) is 0 Å². The van der Waals surface area contributed by atoms with Crippen molar-refractivity contribution in [2.24, 2.45) is 11.7 Å². The van der Waals surface area contributed by atoms with Crippen molar-refractivity contribution in [1.82, 2.24) is 4.31 Å². The Hall–Kier alpha value is -0.130. The van der Waals surface area contributed by atoms with Gasteiger partial charge in [0.1, 0.15) is 0 Å². The van der Waals surface area contributed by atoms with E-state index in [-0.39, 0.29) is 11.8 Å². The molecule has 0 aromatic heterocycles. The van der Waals surface area contributed by atoms with Crippen LogP contribution in [0.4, 0.5) is 0 Å². The Morgan fingerprint density at radius 1 is 1.44 bits per heavy atom. The summed E-state index contributed by atoms with van der Waals surface area (Å²) in [7, 11) is -3.09. The summed E-state index contributed by atoms with van der Waals surface area (Å²) in [6.07, 6.45) is 3.70. The fourth-order valence-electron chi connectivity index (χ4n) is 2.35. The summed E-state index contributed by atoms with van der Waals surface area (Å²) in [6.45, 7) is 5.19. The minimum atomic E-state index is -3.09. The van der Waals surface area contributed by atoms with E-state index in [0.29, 0.717) is 19.0 Å². The van der Waals surface area contributed by atoms with Crippen LogP contribution in [0.2, 0.25) is 0 Å². The number of hydrogen-bond donors (Lipinski definition) is 1. The second kappa shape index (κ2) is 5.98. The van der Waals surface area contributed by atoms with E-state index in [1.54, 1.807) is 4.31 Å². The van der Waals surface area contributed by atoms with Gasteiger partial charge in [-0.1, -0.05) is 20.3 Å². The molecule has 1 saturated heterocycles. The van der Waals surface area contributed by atoms with Crippen molar-refractivity contribution in [2.45, 2.75) is 45.6 Å². The standard InChI is InChI=1S/C11H24N2O2S/c1-3-4-8-16(14,15)13-7-5-6-10(2)11(13)9-12/h10-11H,3-9,12H2,1-2H3. The Balaban J connectivity index is 2.75. The zero-order chi connectivity index (χ0) is 12.2. The number of piperidine rings is 1. The molecule has 0 aromatic carbocycles. The molecule has 0 saturated carbocycles. The highest BCUT2D eigenvalue weighted by Crippen LogP contribution is 2.25. The number of rotatable bonds is 5. The van der Waals surface area contributed by atoms with Gasteiger partial charge in [0.25, 0.3) is 0 Å². The molecule has 1 aliphatic rings. The van der Waals surface area contributed by atoms with Gasteiger partial charge in [-0.15, -0.1) is 0 Å². The van der Waals surface area contributed by atoms with Crippen LogP contribution in [-0.2, 0) is 10.0 Å². The maximum absolute atomic E-state index is 12.1. The molecule has 0 radical (unpaired) electrons. The molecule has 1 heterocycles. The average Bonchev–Trinajstić information content (AvgIpc) is 2.26. The lowest BCUT2D eigenvalue weighted by Crippen LogP contribution is -2.51. The van der Waals surface area contributed by atoms with Gasteiger partial charge in [-0.3, -0.25) is 0 Å². The van der Waals surface area contributed by atoms with Gasteiger partial charge >= 0.3 is 0 Å². The van der Waals surface area contributed by atoms with Crippen LogP contribution < -0.4 is 5.73 Å². The van der Waals surface area contributed by atoms with E-state index in [1.165, 1.54) is 0 Å². The molecule has 2 N–H and O–H groups in total. The molecule has 1 rings (SSSR count). The van der Waals surface area contributed by atoms with Gasteiger partial charge in [-0.2, -0.15) is 4.31 Å². The number of sulfonamides is 1. The Morgan fingerprint density at radius 2 is 2.12 bits per heavy atom. The Kier molecular flexibility index (Phi) is 5.21. The van der Waals surface area contributed by atoms with E-state index in [0.717, 1.165) is 25.7 Å². The second-order valence-corrected chi connectivity index (χ2v) is 6.74. The summed E-state index contributed by atoms with van der Waals surface area (Å²) < 4.78 is 25.9.